The second kappa shape index (κ2) is 6.74. The minimum Gasteiger partial charge on any atom is -0.493 e. The number of aromatic amines is 1. The number of nitrogens with zero attached hydrogens (tertiary/aromatic N) is 1. The molecule has 1 N–H and O–H groups in total. The molecule has 0 radical (unpaired) electrons. The Labute approximate surface area is 139 Å². The van der Waals surface area contributed by atoms with Gasteiger partial charge in [-0.05, 0) is 49.2 Å². The maximum absolute atomic E-state index is 13.3. The van der Waals surface area contributed by atoms with Crippen molar-refractivity contribution in [2.45, 2.75) is 19.4 Å². The predicted molar refractivity (Wildman–Crippen MR) is 92.0 cm³/mol. The lowest BCUT2D eigenvalue weighted by Crippen LogP contribution is -2.06. The lowest BCUT2D eigenvalue weighted by Gasteiger charge is -2.16. The quantitative estimate of drug-likeness (QED) is 0.675. The summed E-state index contributed by atoms with van der Waals surface area (Å²) in [6, 6.07) is 10.2. The highest BCUT2D eigenvalue weighted by atomic mass is 19.1. The van der Waals surface area contributed by atoms with Crippen LogP contribution in [0.2, 0.25) is 0 Å². The number of nitrogens with one attached hydrogen (secondary N) is 1. The third kappa shape index (κ3) is 3.25. The Hall–Kier alpha value is -2.82. The lowest BCUT2D eigenvalue weighted by atomic mass is 10.1. The van der Waals surface area contributed by atoms with Crippen LogP contribution in [0.4, 0.5) is 4.39 Å². The molecule has 24 heavy (non-hydrogen) atoms. The number of hydrogen-bond acceptors (Lipinski definition) is 3. The molecule has 1 aromatic heterocycles. The van der Waals surface area contributed by atoms with Gasteiger partial charge in [-0.1, -0.05) is 12.1 Å². The van der Waals surface area contributed by atoms with Crippen LogP contribution >= 0.6 is 0 Å². The van der Waals surface area contributed by atoms with E-state index in [1.807, 2.05) is 31.2 Å². The fraction of sp³-hybridized carbons (Fsp3) is 0.211. The first-order chi connectivity index (χ1) is 11.6. The molecule has 1 unspecified atom stereocenters. The standard InChI is InChI=1S/C19H19FN2O2/c1-4-5-13-6-9-17(18(10-13)23-3)24-12(2)19-21-15-8-7-14(20)11-16(15)22-19/h4,6-12H,1,5H2,2-3H3,(H,21,22). The van der Waals surface area contributed by atoms with Gasteiger partial charge in [0.15, 0.2) is 17.6 Å². The Bertz CT molecular complexity index is 873. The number of rotatable bonds is 6. The van der Waals surface area contributed by atoms with E-state index < -0.39 is 0 Å². The Morgan fingerprint density at radius 3 is 2.83 bits per heavy atom. The van der Waals surface area contributed by atoms with E-state index in [1.54, 1.807) is 13.2 Å². The molecule has 0 saturated heterocycles. The Kier molecular flexibility index (Phi) is 4.51. The van der Waals surface area contributed by atoms with Crippen LogP contribution in [0.1, 0.15) is 24.4 Å². The summed E-state index contributed by atoms with van der Waals surface area (Å²) in [6.45, 7) is 5.62. The van der Waals surface area contributed by atoms with Crippen molar-refractivity contribution in [1.29, 1.82) is 0 Å². The monoisotopic (exact) mass is 326 g/mol. The molecule has 0 aliphatic heterocycles. The fourth-order valence-electron chi connectivity index (χ4n) is 2.54. The van der Waals surface area contributed by atoms with Gasteiger partial charge in [0.05, 0.1) is 18.1 Å². The van der Waals surface area contributed by atoms with Crippen LogP contribution in [-0.4, -0.2) is 17.1 Å². The van der Waals surface area contributed by atoms with Crippen molar-refractivity contribution in [3.63, 3.8) is 0 Å². The van der Waals surface area contributed by atoms with Crippen LogP contribution in [0, 0.1) is 5.82 Å². The number of ether oxygens (including phenoxy) is 2. The van der Waals surface area contributed by atoms with Crippen molar-refractivity contribution in [1.82, 2.24) is 9.97 Å². The minimum absolute atomic E-state index is 0.300. The molecule has 4 nitrogen and oxygen atoms in total. The highest BCUT2D eigenvalue weighted by Crippen LogP contribution is 2.32. The Balaban J connectivity index is 1.84. The smallest absolute Gasteiger partial charge is 0.162 e. The van der Waals surface area contributed by atoms with Crippen LogP contribution < -0.4 is 9.47 Å². The van der Waals surface area contributed by atoms with Crippen molar-refractivity contribution >= 4 is 11.0 Å². The van der Waals surface area contributed by atoms with Crippen molar-refractivity contribution in [3.05, 3.63) is 66.3 Å². The molecule has 0 amide bonds. The van der Waals surface area contributed by atoms with Crippen molar-refractivity contribution in [3.8, 4) is 11.5 Å². The first-order valence-electron chi connectivity index (χ1n) is 7.70. The summed E-state index contributed by atoms with van der Waals surface area (Å²) >= 11 is 0. The molecular weight excluding hydrogens is 307 g/mol. The molecule has 3 rings (SSSR count). The first-order valence-corrected chi connectivity index (χ1v) is 7.70. The van der Waals surface area contributed by atoms with Crippen molar-refractivity contribution in [2.75, 3.05) is 7.11 Å². The number of allylic oxidation sites excluding steroid dienone is 1. The molecule has 0 bridgehead atoms. The van der Waals surface area contributed by atoms with Gasteiger partial charge in [-0.25, -0.2) is 9.37 Å². The molecule has 0 spiro atoms. The van der Waals surface area contributed by atoms with Gasteiger partial charge in [0.1, 0.15) is 11.6 Å². The van der Waals surface area contributed by atoms with Gasteiger partial charge in [0.2, 0.25) is 0 Å². The summed E-state index contributed by atoms with van der Waals surface area (Å²) in [5, 5.41) is 0. The number of imidazole rings is 1. The third-order valence-electron chi connectivity index (χ3n) is 3.76. The topological polar surface area (TPSA) is 47.1 Å². The number of halogens is 1. The molecule has 0 aliphatic rings. The normalized spacial score (nSPS) is 12.1. The molecule has 124 valence electrons. The fourth-order valence-corrected chi connectivity index (χ4v) is 2.54. The summed E-state index contributed by atoms with van der Waals surface area (Å²) < 4.78 is 24.7. The predicted octanol–water partition coefficient (Wildman–Crippen LogP) is 4.58. The summed E-state index contributed by atoms with van der Waals surface area (Å²) in [4.78, 5) is 7.55. The van der Waals surface area contributed by atoms with Gasteiger partial charge in [0.25, 0.3) is 0 Å². The van der Waals surface area contributed by atoms with Gasteiger partial charge < -0.3 is 14.5 Å². The molecule has 0 saturated carbocycles. The van der Waals surface area contributed by atoms with E-state index in [4.69, 9.17) is 9.47 Å². The largest absolute Gasteiger partial charge is 0.493 e. The number of H-pyrrole nitrogens is 1. The molecule has 0 fully saturated rings. The SMILES string of the molecule is C=CCc1ccc(OC(C)c2nc3ccc(F)cc3[nH]2)c(OC)c1. The summed E-state index contributed by atoms with van der Waals surface area (Å²) in [7, 11) is 1.61. The van der Waals surface area contributed by atoms with Gasteiger partial charge in [-0.3, -0.25) is 0 Å². The molecule has 5 heteroatoms. The van der Waals surface area contributed by atoms with Crippen LogP contribution in [0.25, 0.3) is 11.0 Å². The second-order valence-electron chi connectivity index (χ2n) is 5.52. The van der Waals surface area contributed by atoms with Gasteiger partial charge >= 0.3 is 0 Å². The van der Waals surface area contributed by atoms with E-state index in [1.165, 1.54) is 12.1 Å². The zero-order valence-electron chi connectivity index (χ0n) is 13.7. The average molecular weight is 326 g/mol. The van der Waals surface area contributed by atoms with E-state index >= 15 is 0 Å². The highest BCUT2D eigenvalue weighted by molar-refractivity contribution is 5.75. The first kappa shape index (κ1) is 16.1. The Morgan fingerprint density at radius 2 is 2.08 bits per heavy atom. The van der Waals surface area contributed by atoms with E-state index in [0.717, 1.165) is 12.0 Å². The average Bonchev–Trinajstić information content (AvgIpc) is 2.99. The van der Waals surface area contributed by atoms with Crippen LogP contribution in [0.15, 0.2) is 49.1 Å². The molecule has 3 aromatic rings. The number of aromatic nitrogens is 2. The van der Waals surface area contributed by atoms with Crippen LogP contribution in [0.3, 0.4) is 0 Å². The summed E-state index contributed by atoms with van der Waals surface area (Å²) in [6.07, 6.45) is 2.27. The highest BCUT2D eigenvalue weighted by Gasteiger charge is 2.15. The summed E-state index contributed by atoms with van der Waals surface area (Å²) in [5.41, 5.74) is 2.45. The molecule has 1 atom stereocenters. The van der Waals surface area contributed by atoms with E-state index in [9.17, 15) is 4.39 Å². The third-order valence-corrected chi connectivity index (χ3v) is 3.76. The zero-order valence-corrected chi connectivity index (χ0v) is 13.7. The van der Waals surface area contributed by atoms with Gasteiger partial charge in [-0.15, -0.1) is 6.58 Å². The zero-order chi connectivity index (χ0) is 17.1. The lowest BCUT2D eigenvalue weighted by molar-refractivity contribution is 0.208. The number of methoxy groups -OCH3 is 1. The van der Waals surface area contributed by atoms with Crippen molar-refractivity contribution < 1.29 is 13.9 Å². The van der Waals surface area contributed by atoms with E-state index in [2.05, 4.69) is 16.5 Å². The number of hydrogen-bond donors (Lipinski definition) is 1. The van der Waals surface area contributed by atoms with E-state index in [-0.39, 0.29) is 11.9 Å². The maximum Gasteiger partial charge on any atom is 0.162 e. The van der Waals surface area contributed by atoms with E-state index in [0.29, 0.717) is 28.4 Å². The second-order valence-corrected chi connectivity index (χ2v) is 5.52. The summed E-state index contributed by atoms with van der Waals surface area (Å²) in [5.74, 6) is 1.62. The molecule has 2 aromatic carbocycles. The number of fused-ring (bicyclic) bond motifs is 1. The van der Waals surface area contributed by atoms with Crippen LogP contribution in [0.5, 0.6) is 11.5 Å². The maximum atomic E-state index is 13.3. The van der Waals surface area contributed by atoms with Crippen molar-refractivity contribution in [2.24, 2.45) is 0 Å². The minimum atomic E-state index is -0.334. The van der Waals surface area contributed by atoms with Crippen LogP contribution in [-0.2, 0) is 6.42 Å². The molecule has 0 aliphatic carbocycles. The number of benzene rings is 2. The van der Waals surface area contributed by atoms with Gasteiger partial charge in [0, 0.05) is 0 Å². The molecular formula is C19H19FN2O2. The van der Waals surface area contributed by atoms with Gasteiger partial charge in [-0.2, -0.15) is 0 Å². The molecule has 1 heterocycles. The Morgan fingerprint density at radius 1 is 1.25 bits per heavy atom.